The minimum atomic E-state index is -0.427. The van der Waals surface area contributed by atoms with Crippen LogP contribution in [0.2, 0.25) is 0 Å². The predicted octanol–water partition coefficient (Wildman–Crippen LogP) is 4.21. The van der Waals surface area contributed by atoms with Crippen molar-refractivity contribution in [2.24, 2.45) is 0 Å². The van der Waals surface area contributed by atoms with Crippen molar-refractivity contribution in [2.75, 3.05) is 26.6 Å². The monoisotopic (exact) mass is 486 g/mol. The summed E-state index contributed by atoms with van der Waals surface area (Å²) in [4.78, 5) is 39.6. The lowest BCUT2D eigenvalue weighted by Crippen LogP contribution is -2.24. The van der Waals surface area contributed by atoms with Crippen molar-refractivity contribution in [3.05, 3.63) is 93.8 Å². The molecular weight excluding hydrogens is 460 g/mol. The molecule has 0 fully saturated rings. The molecule has 0 aliphatic carbocycles. The number of aromatic nitrogens is 1. The van der Waals surface area contributed by atoms with Gasteiger partial charge >= 0.3 is 0 Å². The maximum Gasteiger partial charge on any atom is 0.244 e. The Kier molecular flexibility index (Phi) is 7.05. The number of ketones is 1. The molecule has 1 amide bonds. The van der Waals surface area contributed by atoms with Crippen LogP contribution in [0.1, 0.15) is 21.5 Å². The Balaban J connectivity index is 1.75. The smallest absolute Gasteiger partial charge is 0.244 e. The number of aryl methyl sites for hydroxylation is 1. The summed E-state index contributed by atoms with van der Waals surface area (Å²) in [5, 5.41) is 3.10. The van der Waals surface area contributed by atoms with Gasteiger partial charge in [0.05, 0.1) is 37.8 Å². The quantitative estimate of drug-likeness (QED) is 0.375. The van der Waals surface area contributed by atoms with Crippen molar-refractivity contribution >= 4 is 28.3 Å². The molecule has 4 aromatic rings. The van der Waals surface area contributed by atoms with Gasteiger partial charge < -0.3 is 24.1 Å². The maximum atomic E-state index is 13.3. The number of methoxy groups -OCH3 is 3. The van der Waals surface area contributed by atoms with Crippen molar-refractivity contribution in [1.82, 2.24) is 4.57 Å². The zero-order chi connectivity index (χ0) is 25.8. The van der Waals surface area contributed by atoms with Gasteiger partial charge in [0.1, 0.15) is 23.8 Å². The highest BCUT2D eigenvalue weighted by atomic mass is 16.5. The minimum absolute atomic E-state index is 0.0320. The average molecular weight is 487 g/mol. The molecule has 1 aromatic heterocycles. The van der Waals surface area contributed by atoms with Crippen LogP contribution >= 0.6 is 0 Å². The van der Waals surface area contributed by atoms with E-state index in [4.69, 9.17) is 14.2 Å². The van der Waals surface area contributed by atoms with Crippen LogP contribution in [-0.2, 0) is 11.3 Å². The third kappa shape index (κ3) is 5.07. The fraction of sp³-hybridized carbons (Fsp3) is 0.179. The van der Waals surface area contributed by atoms with Crippen LogP contribution in [0.5, 0.6) is 17.2 Å². The number of hydrogen-bond donors (Lipinski definition) is 1. The number of benzene rings is 3. The molecule has 8 nitrogen and oxygen atoms in total. The summed E-state index contributed by atoms with van der Waals surface area (Å²) in [5.41, 5.74) is 1.91. The van der Waals surface area contributed by atoms with Crippen LogP contribution in [0.25, 0.3) is 10.9 Å². The Bertz CT molecular complexity index is 1480. The molecular formula is C28H26N2O6. The van der Waals surface area contributed by atoms with Gasteiger partial charge in [-0.25, -0.2) is 0 Å². The molecule has 184 valence electrons. The van der Waals surface area contributed by atoms with E-state index in [1.54, 1.807) is 53.1 Å². The number of ether oxygens (including phenoxy) is 3. The van der Waals surface area contributed by atoms with Gasteiger partial charge in [0.2, 0.25) is 11.3 Å². The molecule has 0 aliphatic rings. The number of amides is 1. The molecule has 0 saturated carbocycles. The third-order valence-electron chi connectivity index (χ3n) is 5.79. The number of pyridine rings is 1. The lowest BCUT2D eigenvalue weighted by Gasteiger charge is -2.15. The van der Waals surface area contributed by atoms with Crippen LogP contribution < -0.4 is 25.0 Å². The number of rotatable bonds is 8. The van der Waals surface area contributed by atoms with E-state index >= 15 is 0 Å². The number of nitrogens with one attached hydrogen (secondary N) is 1. The lowest BCUT2D eigenvalue weighted by atomic mass is 10.0. The fourth-order valence-corrected chi connectivity index (χ4v) is 3.89. The largest absolute Gasteiger partial charge is 0.497 e. The van der Waals surface area contributed by atoms with E-state index in [-0.39, 0.29) is 23.4 Å². The first-order valence-electron chi connectivity index (χ1n) is 11.2. The molecule has 3 aromatic carbocycles. The van der Waals surface area contributed by atoms with Gasteiger partial charge in [0.15, 0.2) is 5.78 Å². The molecule has 0 radical (unpaired) electrons. The first-order valence-corrected chi connectivity index (χ1v) is 11.2. The van der Waals surface area contributed by atoms with Gasteiger partial charge in [0, 0.05) is 35.6 Å². The Morgan fingerprint density at radius 3 is 2.08 bits per heavy atom. The zero-order valence-electron chi connectivity index (χ0n) is 20.5. The van der Waals surface area contributed by atoms with E-state index < -0.39 is 11.2 Å². The van der Waals surface area contributed by atoms with Crippen molar-refractivity contribution in [3.8, 4) is 17.2 Å². The highest BCUT2D eigenvalue weighted by Gasteiger charge is 2.19. The Labute approximate surface area is 208 Å². The van der Waals surface area contributed by atoms with Crippen LogP contribution in [0.3, 0.4) is 0 Å². The van der Waals surface area contributed by atoms with Crippen molar-refractivity contribution in [3.63, 3.8) is 0 Å². The lowest BCUT2D eigenvalue weighted by molar-refractivity contribution is -0.116. The standard InChI is InChI=1S/C28H26N2O6/c1-17-5-7-18(8-6-17)27(32)24-15-30(25-10-9-20(34-2)14-23(25)28(24)33)16-26(31)29-19-11-21(35-3)13-22(12-19)36-4/h5-15H,16H2,1-4H3,(H,29,31). The first kappa shape index (κ1) is 24.5. The Morgan fingerprint density at radius 1 is 0.833 bits per heavy atom. The highest BCUT2D eigenvalue weighted by molar-refractivity contribution is 6.10. The fourth-order valence-electron chi connectivity index (χ4n) is 3.89. The van der Waals surface area contributed by atoms with Gasteiger partial charge in [-0.1, -0.05) is 29.8 Å². The van der Waals surface area contributed by atoms with E-state index in [0.717, 1.165) is 5.56 Å². The zero-order valence-corrected chi connectivity index (χ0v) is 20.5. The minimum Gasteiger partial charge on any atom is -0.497 e. The molecule has 0 spiro atoms. The summed E-state index contributed by atoms with van der Waals surface area (Å²) in [6.07, 6.45) is 1.44. The second-order valence-electron chi connectivity index (χ2n) is 8.23. The van der Waals surface area contributed by atoms with E-state index in [9.17, 15) is 14.4 Å². The van der Waals surface area contributed by atoms with Crippen LogP contribution in [0.4, 0.5) is 5.69 Å². The molecule has 0 saturated heterocycles. The van der Waals surface area contributed by atoms with Gasteiger partial charge in [-0.2, -0.15) is 0 Å². The third-order valence-corrected chi connectivity index (χ3v) is 5.79. The number of anilines is 1. The molecule has 0 atom stereocenters. The SMILES string of the molecule is COc1cc(NC(=O)Cn2cc(C(=O)c3ccc(C)cc3)c(=O)c3cc(OC)ccc32)cc(OC)c1. The van der Waals surface area contributed by atoms with E-state index in [2.05, 4.69) is 5.32 Å². The number of nitrogens with zero attached hydrogens (tertiary/aromatic N) is 1. The van der Waals surface area contributed by atoms with Gasteiger partial charge in [-0.3, -0.25) is 14.4 Å². The number of fused-ring (bicyclic) bond motifs is 1. The second kappa shape index (κ2) is 10.4. The number of carbonyl (C=O) groups excluding carboxylic acids is 2. The summed E-state index contributed by atoms with van der Waals surface area (Å²) in [6.45, 7) is 1.77. The summed E-state index contributed by atoms with van der Waals surface area (Å²) >= 11 is 0. The molecule has 36 heavy (non-hydrogen) atoms. The normalized spacial score (nSPS) is 10.7. The maximum absolute atomic E-state index is 13.3. The van der Waals surface area contributed by atoms with Gasteiger partial charge in [-0.05, 0) is 25.1 Å². The van der Waals surface area contributed by atoms with Crippen LogP contribution in [0, 0.1) is 6.92 Å². The number of hydrogen-bond acceptors (Lipinski definition) is 6. The molecule has 0 bridgehead atoms. The second-order valence-corrected chi connectivity index (χ2v) is 8.23. The molecule has 1 heterocycles. The van der Waals surface area contributed by atoms with Gasteiger partial charge in [0.25, 0.3) is 0 Å². The number of carbonyl (C=O) groups is 2. The van der Waals surface area contributed by atoms with Crippen molar-refractivity contribution in [1.29, 1.82) is 0 Å². The summed E-state index contributed by atoms with van der Waals surface area (Å²) in [6, 6.07) is 17.0. The topological polar surface area (TPSA) is 95.9 Å². The van der Waals surface area contributed by atoms with E-state index in [1.165, 1.54) is 27.5 Å². The predicted molar refractivity (Wildman–Crippen MR) is 138 cm³/mol. The molecule has 8 heteroatoms. The van der Waals surface area contributed by atoms with Crippen molar-refractivity contribution in [2.45, 2.75) is 13.5 Å². The summed E-state index contributed by atoms with van der Waals surface area (Å²) in [5.74, 6) is 0.739. The summed E-state index contributed by atoms with van der Waals surface area (Å²) < 4.78 is 17.4. The van der Waals surface area contributed by atoms with Crippen LogP contribution in [0.15, 0.2) is 71.7 Å². The highest BCUT2D eigenvalue weighted by Crippen LogP contribution is 2.26. The van der Waals surface area contributed by atoms with Gasteiger partial charge in [-0.15, -0.1) is 0 Å². The van der Waals surface area contributed by atoms with E-state index in [1.807, 2.05) is 19.1 Å². The Morgan fingerprint density at radius 2 is 1.47 bits per heavy atom. The van der Waals surface area contributed by atoms with Crippen molar-refractivity contribution < 1.29 is 23.8 Å². The Hall–Kier alpha value is -4.59. The molecule has 0 unspecified atom stereocenters. The molecule has 1 N–H and O–H groups in total. The summed E-state index contributed by atoms with van der Waals surface area (Å²) in [7, 11) is 4.54. The molecule has 4 rings (SSSR count). The van der Waals surface area contributed by atoms with E-state index in [0.29, 0.717) is 34.0 Å². The average Bonchev–Trinajstić information content (AvgIpc) is 2.89. The first-order chi connectivity index (χ1) is 17.3. The molecule has 0 aliphatic heterocycles. The van der Waals surface area contributed by atoms with Crippen LogP contribution in [-0.4, -0.2) is 37.6 Å².